The number of para-hydroxylation sites is 1. The van der Waals surface area contributed by atoms with E-state index < -0.39 is 15.6 Å². The molecule has 0 saturated carbocycles. The highest BCUT2D eigenvalue weighted by Crippen LogP contribution is 2.31. The Balaban J connectivity index is 2.39. The van der Waals surface area contributed by atoms with Crippen LogP contribution in [0.1, 0.15) is 31.1 Å². The van der Waals surface area contributed by atoms with Gasteiger partial charge in [0.2, 0.25) is 10.0 Å². The first kappa shape index (κ1) is 17.2. The van der Waals surface area contributed by atoms with Crippen LogP contribution in [0, 0.1) is 0 Å². The van der Waals surface area contributed by atoms with E-state index in [0.29, 0.717) is 17.4 Å². The Morgan fingerprint density at radius 2 is 1.65 bits per heavy atom. The molecule has 0 aliphatic heterocycles. The zero-order chi connectivity index (χ0) is 17.3. The van der Waals surface area contributed by atoms with Gasteiger partial charge in [-0.3, -0.25) is 4.79 Å². The van der Waals surface area contributed by atoms with Gasteiger partial charge in [-0.2, -0.15) is 0 Å². The monoisotopic (exact) mass is 333 g/mol. The maximum Gasteiger partial charge on any atom is 0.241 e. The fraction of sp³-hybridized carbons (Fsp3) is 0.235. The number of carbonyl (C=O) groups excluding carboxylic acids is 1. The van der Waals surface area contributed by atoms with Crippen molar-refractivity contribution < 1.29 is 18.3 Å². The molecular weight excluding hydrogens is 314 g/mol. The van der Waals surface area contributed by atoms with E-state index in [1.807, 2.05) is 0 Å². The Labute approximate surface area is 136 Å². The van der Waals surface area contributed by atoms with Gasteiger partial charge < -0.3 is 5.11 Å². The minimum absolute atomic E-state index is 0.120. The number of phenolic OH excluding ortho intramolecular Hbond substituents is 1. The van der Waals surface area contributed by atoms with Gasteiger partial charge >= 0.3 is 0 Å². The number of hydrogen-bond acceptors (Lipinski definition) is 4. The summed E-state index contributed by atoms with van der Waals surface area (Å²) in [4.78, 5) is 11.0. The van der Waals surface area contributed by atoms with Crippen LogP contribution < -0.4 is 4.72 Å². The van der Waals surface area contributed by atoms with Crippen molar-refractivity contribution in [2.45, 2.75) is 31.2 Å². The van der Waals surface area contributed by atoms with Gasteiger partial charge in [-0.1, -0.05) is 24.3 Å². The maximum atomic E-state index is 12.3. The number of benzene rings is 2. The van der Waals surface area contributed by atoms with Gasteiger partial charge in [-0.05, 0) is 44.5 Å². The normalized spacial score (nSPS) is 12.1. The fourth-order valence-electron chi connectivity index (χ4n) is 2.17. The lowest BCUT2D eigenvalue weighted by molar-refractivity contribution is 0.112. The van der Waals surface area contributed by atoms with Gasteiger partial charge in [0.1, 0.15) is 5.75 Å². The van der Waals surface area contributed by atoms with E-state index in [1.165, 1.54) is 18.2 Å². The average molecular weight is 333 g/mol. The van der Waals surface area contributed by atoms with Crippen LogP contribution in [0.4, 0.5) is 0 Å². The van der Waals surface area contributed by atoms with Crippen LogP contribution in [0.25, 0.3) is 11.1 Å². The van der Waals surface area contributed by atoms with Crippen LogP contribution >= 0.6 is 0 Å². The standard InChI is InChI=1S/C17H19NO4S/c1-17(2,3)18-23(21,22)14-9-7-12(8-10-14)15-6-4-5-13(11-19)16(15)20/h4-11,18,20H,1-3H3. The number of aromatic hydroxyl groups is 1. The lowest BCUT2D eigenvalue weighted by Crippen LogP contribution is -2.40. The fourth-order valence-corrected chi connectivity index (χ4v) is 3.58. The molecule has 0 spiro atoms. The van der Waals surface area contributed by atoms with Gasteiger partial charge in [0.05, 0.1) is 10.5 Å². The first-order valence-corrected chi connectivity index (χ1v) is 8.54. The minimum atomic E-state index is -3.61. The van der Waals surface area contributed by atoms with Crippen molar-refractivity contribution in [2.24, 2.45) is 0 Å². The summed E-state index contributed by atoms with van der Waals surface area (Å²) in [5.74, 6) is -0.120. The molecule has 6 heteroatoms. The van der Waals surface area contributed by atoms with E-state index >= 15 is 0 Å². The zero-order valence-electron chi connectivity index (χ0n) is 13.2. The first-order chi connectivity index (χ1) is 10.6. The molecule has 23 heavy (non-hydrogen) atoms. The highest BCUT2D eigenvalue weighted by molar-refractivity contribution is 7.89. The average Bonchev–Trinajstić information content (AvgIpc) is 2.45. The molecule has 0 amide bonds. The summed E-state index contributed by atoms with van der Waals surface area (Å²) in [6, 6.07) is 11.0. The molecule has 2 aromatic carbocycles. The third-order valence-electron chi connectivity index (χ3n) is 3.11. The number of nitrogens with one attached hydrogen (secondary N) is 1. The van der Waals surface area contributed by atoms with Gasteiger partial charge in [0, 0.05) is 11.1 Å². The van der Waals surface area contributed by atoms with Crippen LogP contribution in [0.3, 0.4) is 0 Å². The molecule has 0 heterocycles. The minimum Gasteiger partial charge on any atom is -0.507 e. The molecule has 2 rings (SSSR count). The molecular formula is C17H19NO4S. The molecule has 0 atom stereocenters. The number of sulfonamides is 1. The highest BCUT2D eigenvalue weighted by Gasteiger charge is 2.22. The van der Waals surface area contributed by atoms with E-state index in [1.54, 1.807) is 45.0 Å². The predicted octanol–water partition coefficient (Wildman–Crippen LogP) is 2.95. The summed E-state index contributed by atoms with van der Waals surface area (Å²) >= 11 is 0. The second kappa shape index (κ2) is 6.14. The van der Waals surface area contributed by atoms with E-state index in [0.717, 1.165) is 0 Å². The number of carbonyl (C=O) groups is 1. The number of aldehydes is 1. The molecule has 122 valence electrons. The molecule has 0 aliphatic rings. The molecule has 0 aromatic heterocycles. The Morgan fingerprint density at radius 3 is 2.17 bits per heavy atom. The number of rotatable bonds is 4. The summed E-state index contributed by atoms with van der Waals surface area (Å²) in [5.41, 5.74) is 0.713. The molecule has 0 bridgehead atoms. The first-order valence-electron chi connectivity index (χ1n) is 7.05. The van der Waals surface area contributed by atoms with Gasteiger partial charge in [0.15, 0.2) is 6.29 Å². The summed E-state index contributed by atoms with van der Waals surface area (Å²) in [7, 11) is -3.61. The van der Waals surface area contributed by atoms with Crippen LogP contribution in [-0.4, -0.2) is 25.3 Å². The van der Waals surface area contributed by atoms with Crippen molar-refractivity contribution in [1.82, 2.24) is 4.72 Å². The number of phenols is 1. The molecule has 0 aliphatic carbocycles. The zero-order valence-corrected chi connectivity index (χ0v) is 14.0. The SMILES string of the molecule is CC(C)(C)NS(=O)(=O)c1ccc(-c2cccc(C=O)c2O)cc1. The smallest absolute Gasteiger partial charge is 0.241 e. The lowest BCUT2D eigenvalue weighted by Gasteiger charge is -2.20. The summed E-state index contributed by atoms with van der Waals surface area (Å²) in [5, 5.41) is 10.1. The van der Waals surface area contributed by atoms with Crippen LogP contribution in [-0.2, 0) is 10.0 Å². The maximum absolute atomic E-state index is 12.3. The second-order valence-corrected chi connectivity index (χ2v) is 7.92. The van der Waals surface area contributed by atoms with Crippen molar-refractivity contribution >= 4 is 16.3 Å². The molecule has 0 fully saturated rings. The van der Waals surface area contributed by atoms with Gasteiger partial charge in [-0.15, -0.1) is 0 Å². The van der Waals surface area contributed by atoms with Crippen molar-refractivity contribution in [3.63, 3.8) is 0 Å². The summed E-state index contributed by atoms with van der Waals surface area (Å²) in [6.07, 6.45) is 0.574. The lowest BCUT2D eigenvalue weighted by atomic mass is 10.0. The molecule has 0 saturated heterocycles. The van der Waals surface area contributed by atoms with Gasteiger partial charge in [-0.25, -0.2) is 13.1 Å². The second-order valence-electron chi connectivity index (χ2n) is 6.24. The highest BCUT2D eigenvalue weighted by atomic mass is 32.2. The molecule has 2 aromatic rings. The molecule has 0 unspecified atom stereocenters. The number of hydrogen-bond donors (Lipinski definition) is 2. The van der Waals surface area contributed by atoms with Crippen LogP contribution in [0.2, 0.25) is 0 Å². The molecule has 0 radical (unpaired) electrons. The quantitative estimate of drug-likeness (QED) is 0.843. The van der Waals surface area contributed by atoms with E-state index in [2.05, 4.69) is 4.72 Å². The van der Waals surface area contributed by atoms with Crippen LogP contribution in [0.15, 0.2) is 47.4 Å². The predicted molar refractivity (Wildman–Crippen MR) is 89.0 cm³/mol. The summed E-state index contributed by atoms with van der Waals surface area (Å²) in [6.45, 7) is 5.30. The van der Waals surface area contributed by atoms with Crippen molar-refractivity contribution in [1.29, 1.82) is 0 Å². The molecule has 5 nitrogen and oxygen atoms in total. The van der Waals surface area contributed by atoms with E-state index in [-0.39, 0.29) is 16.2 Å². The third kappa shape index (κ3) is 3.97. The van der Waals surface area contributed by atoms with Crippen molar-refractivity contribution in [3.05, 3.63) is 48.0 Å². The Kier molecular flexibility index (Phi) is 4.58. The van der Waals surface area contributed by atoms with E-state index in [9.17, 15) is 18.3 Å². The van der Waals surface area contributed by atoms with Gasteiger partial charge in [0.25, 0.3) is 0 Å². The molecule has 2 N–H and O–H groups in total. The topological polar surface area (TPSA) is 83.5 Å². The third-order valence-corrected chi connectivity index (χ3v) is 4.88. The van der Waals surface area contributed by atoms with E-state index in [4.69, 9.17) is 0 Å². The van der Waals surface area contributed by atoms with Crippen molar-refractivity contribution in [2.75, 3.05) is 0 Å². The van der Waals surface area contributed by atoms with Crippen molar-refractivity contribution in [3.8, 4) is 16.9 Å². The van der Waals surface area contributed by atoms with Crippen LogP contribution in [0.5, 0.6) is 5.75 Å². The Morgan fingerprint density at radius 1 is 1.04 bits per heavy atom. The Bertz CT molecular complexity index is 819. The largest absolute Gasteiger partial charge is 0.507 e. The Hall–Kier alpha value is -2.18. The summed E-state index contributed by atoms with van der Waals surface area (Å²) < 4.78 is 27.1.